The second-order valence-corrected chi connectivity index (χ2v) is 2.11. The molecule has 2 N–H and O–H groups in total. The van der Waals surface area contributed by atoms with Gasteiger partial charge in [0, 0.05) is 11.8 Å². The van der Waals surface area contributed by atoms with Gasteiger partial charge in [0.2, 0.25) is 0 Å². The van der Waals surface area contributed by atoms with Crippen molar-refractivity contribution >= 4 is 5.97 Å². The van der Waals surface area contributed by atoms with Gasteiger partial charge in [-0.15, -0.1) is 0 Å². The van der Waals surface area contributed by atoms with E-state index in [9.17, 15) is 18.0 Å². The van der Waals surface area contributed by atoms with Crippen LogP contribution < -0.4 is 5.73 Å². The first-order valence-electron chi connectivity index (χ1n) is 2.98. The highest BCUT2D eigenvalue weighted by Gasteiger charge is 2.29. The number of halogens is 3. The summed E-state index contributed by atoms with van der Waals surface area (Å²) in [7, 11) is 0. The van der Waals surface area contributed by atoms with Gasteiger partial charge >= 0.3 is 12.1 Å². The van der Waals surface area contributed by atoms with Crippen LogP contribution in [0.2, 0.25) is 0 Å². The molecule has 0 saturated heterocycles. The van der Waals surface area contributed by atoms with Gasteiger partial charge in [0.15, 0.2) is 6.61 Å². The Morgan fingerprint density at radius 1 is 1.58 bits per heavy atom. The van der Waals surface area contributed by atoms with Crippen LogP contribution in [0.3, 0.4) is 0 Å². The first-order valence-corrected chi connectivity index (χ1v) is 2.98. The molecule has 0 radical (unpaired) electrons. The molecule has 0 fully saturated rings. The van der Waals surface area contributed by atoms with Crippen molar-refractivity contribution in [3.05, 3.63) is 11.8 Å². The van der Waals surface area contributed by atoms with E-state index in [1.807, 2.05) is 0 Å². The summed E-state index contributed by atoms with van der Waals surface area (Å²) in [5, 5.41) is 0. The lowest BCUT2D eigenvalue weighted by Crippen LogP contribution is -2.19. The van der Waals surface area contributed by atoms with E-state index in [4.69, 9.17) is 5.73 Å². The van der Waals surface area contributed by atoms with Crippen molar-refractivity contribution in [2.45, 2.75) is 13.1 Å². The molecule has 0 aliphatic carbocycles. The molecule has 0 spiro atoms. The molecule has 0 bridgehead atoms. The van der Waals surface area contributed by atoms with Gasteiger partial charge in [-0.2, -0.15) is 13.2 Å². The molecule has 0 amide bonds. The Hall–Kier alpha value is -1.20. The highest BCUT2D eigenvalue weighted by molar-refractivity contribution is 5.82. The monoisotopic (exact) mass is 183 g/mol. The molecule has 12 heavy (non-hydrogen) atoms. The lowest BCUT2D eigenvalue weighted by atomic mass is 10.4. The van der Waals surface area contributed by atoms with Gasteiger partial charge in [-0.25, -0.2) is 4.79 Å². The smallest absolute Gasteiger partial charge is 0.422 e. The first-order chi connectivity index (χ1) is 5.31. The van der Waals surface area contributed by atoms with Gasteiger partial charge in [-0.05, 0) is 6.92 Å². The van der Waals surface area contributed by atoms with Crippen molar-refractivity contribution in [2.24, 2.45) is 5.73 Å². The van der Waals surface area contributed by atoms with Crippen LogP contribution in [0.1, 0.15) is 6.92 Å². The SMILES string of the molecule is C/C(N)=C/C(=O)OCC(F)(F)F. The minimum atomic E-state index is -4.49. The minimum Gasteiger partial charge on any atom is -0.453 e. The number of alkyl halides is 3. The quantitative estimate of drug-likeness (QED) is 0.512. The Bertz CT molecular complexity index is 193. The average Bonchev–Trinajstić information content (AvgIpc) is 1.80. The molecule has 0 aromatic carbocycles. The van der Waals surface area contributed by atoms with E-state index in [-0.39, 0.29) is 5.70 Å². The van der Waals surface area contributed by atoms with E-state index in [1.54, 1.807) is 0 Å². The number of carbonyl (C=O) groups is 1. The summed E-state index contributed by atoms with van der Waals surface area (Å²) in [6.07, 6.45) is -3.71. The van der Waals surface area contributed by atoms with Crippen molar-refractivity contribution in [1.29, 1.82) is 0 Å². The molecular weight excluding hydrogens is 175 g/mol. The Labute approximate surface area is 67.0 Å². The maximum atomic E-state index is 11.4. The van der Waals surface area contributed by atoms with Crippen molar-refractivity contribution in [3.63, 3.8) is 0 Å². The van der Waals surface area contributed by atoms with Crippen LogP contribution in [0, 0.1) is 0 Å². The summed E-state index contributed by atoms with van der Waals surface area (Å²) in [5.74, 6) is -1.09. The molecule has 70 valence electrons. The lowest BCUT2D eigenvalue weighted by Gasteiger charge is -2.05. The predicted molar refractivity (Wildman–Crippen MR) is 35.0 cm³/mol. The molecule has 3 nitrogen and oxygen atoms in total. The average molecular weight is 183 g/mol. The third kappa shape index (κ3) is 6.91. The largest absolute Gasteiger partial charge is 0.453 e. The van der Waals surface area contributed by atoms with Crippen molar-refractivity contribution < 1.29 is 22.7 Å². The highest BCUT2D eigenvalue weighted by Crippen LogP contribution is 2.14. The molecule has 0 heterocycles. The molecule has 6 heteroatoms. The van der Waals surface area contributed by atoms with Gasteiger partial charge < -0.3 is 10.5 Å². The van der Waals surface area contributed by atoms with Crippen LogP contribution >= 0.6 is 0 Å². The van der Waals surface area contributed by atoms with E-state index < -0.39 is 18.8 Å². The Kier molecular flexibility index (Phi) is 3.59. The number of carbonyl (C=O) groups excluding carboxylic acids is 1. The van der Waals surface area contributed by atoms with Crippen molar-refractivity contribution in [1.82, 2.24) is 0 Å². The first kappa shape index (κ1) is 10.8. The van der Waals surface area contributed by atoms with Crippen LogP contribution in [0.25, 0.3) is 0 Å². The fourth-order valence-electron chi connectivity index (χ4n) is 0.381. The van der Waals surface area contributed by atoms with E-state index >= 15 is 0 Å². The second kappa shape index (κ2) is 3.99. The Morgan fingerprint density at radius 3 is 2.42 bits per heavy atom. The lowest BCUT2D eigenvalue weighted by molar-refractivity contribution is -0.182. The summed E-state index contributed by atoms with van der Waals surface area (Å²) in [6, 6.07) is 0. The molecule has 0 saturated carbocycles. The topological polar surface area (TPSA) is 52.3 Å². The second-order valence-electron chi connectivity index (χ2n) is 2.11. The van der Waals surface area contributed by atoms with Gasteiger partial charge in [-0.3, -0.25) is 0 Å². The molecule has 0 unspecified atom stereocenters. The van der Waals surface area contributed by atoms with Crippen molar-refractivity contribution in [3.8, 4) is 0 Å². The zero-order valence-electron chi connectivity index (χ0n) is 6.31. The maximum Gasteiger partial charge on any atom is 0.422 e. The van der Waals surface area contributed by atoms with Crippen LogP contribution in [-0.4, -0.2) is 18.8 Å². The number of allylic oxidation sites excluding steroid dienone is 1. The van der Waals surface area contributed by atoms with Crippen LogP contribution in [0.15, 0.2) is 11.8 Å². The van der Waals surface area contributed by atoms with Gasteiger partial charge in [0.05, 0.1) is 0 Å². The molecule has 0 atom stereocenters. The third-order valence-corrected chi connectivity index (χ3v) is 0.724. The summed E-state index contributed by atoms with van der Waals surface area (Å²) < 4.78 is 38.1. The number of hydrogen-bond acceptors (Lipinski definition) is 3. The van der Waals surface area contributed by atoms with E-state index in [0.29, 0.717) is 0 Å². The molecular formula is C6H8F3NO2. The standard InChI is InChI=1S/C6H8F3NO2/c1-4(10)2-5(11)12-3-6(7,8)9/h2H,3,10H2,1H3/b4-2-. The van der Waals surface area contributed by atoms with Crippen LogP contribution in [-0.2, 0) is 9.53 Å². The normalized spacial score (nSPS) is 12.8. The predicted octanol–water partition coefficient (Wildman–Crippen LogP) is 0.954. The van der Waals surface area contributed by atoms with Gasteiger partial charge in [-0.1, -0.05) is 0 Å². The van der Waals surface area contributed by atoms with Gasteiger partial charge in [0.25, 0.3) is 0 Å². The van der Waals surface area contributed by atoms with Gasteiger partial charge in [0.1, 0.15) is 0 Å². The summed E-state index contributed by atoms with van der Waals surface area (Å²) in [4.78, 5) is 10.4. The van der Waals surface area contributed by atoms with E-state index in [0.717, 1.165) is 6.08 Å². The van der Waals surface area contributed by atoms with Crippen LogP contribution in [0.4, 0.5) is 13.2 Å². The fourth-order valence-corrected chi connectivity index (χ4v) is 0.381. The summed E-state index contributed by atoms with van der Waals surface area (Å²) in [5.41, 5.74) is 5.11. The molecule has 0 aromatic rings. The Balaban J connectivity index is 3.81. The Morgan fingerprint density at radius 2 is 2.08 bits per heavy atom. The third-order valence-electron chi connectivity index (χ3n) is 0.724. The zero-order valence-corrected chi connectivity index (χ0v) is 6.31. The highest BCUT2D eigenvalue weighted by atomic mass is 19.4. The maximum absolute atomic E-state index is 11.4. The summed E-state index contributed by atoms with van der Waals surface area (Å²) >= 11 is 0. The number of hydrogen-bond donors (Lipinski definition) is 1. The fraction of sp³-hybridized carbons (Fsp3) is 0.500. The molecule has 0 rings (SSSR count). The number of nitrogens with two attached hydrogens (primary N) is 1. The molecule has 0 aromatic heterocycles. The molecule has 0 aliphatic rings. The summed E-state index contributed by atoms with van der Waals surface area (Å²) in [6.45, 7) is -0.218. The van der Waals surface area contributed by atoms with Crippen LogP contribution in [0.5, 0.6) is 0 Å². The zero-order chi connectivity index (χ0) is 9.78. The molecule has 0 aliphatic heterocycles. The van der Waals surface area contributed by atoms with E-state index in [1.165, 1.54) is 6.92 Å². The number of esters is 1. The van der Waals surface area contributed by atoms with E-state index in [2.05, 4.69) is 4.74 Å². The number of rotatable bonds is 2. The van der Waals surface area contributed by atoms with Crippen molar-refractivity contribution in [2.75, 3.05) is 6.61 Å². The minimum absolute atomic E-state index is 0.0992. The number of ether oxygens (including phenoxy) is 1.